The minimum atomic E-state index is -4.39. The lowest BCUT2D eigenvalue weighted by Gasteiger charge is -2.38. The Morgan fingerprint density at radius 1 is 1.05 bits per heavy atom. The molecule has 1 saturated heterocycles. The third-order valence-corrected chi connectivity index (χ3v) is 7.64. The number of carbonyl (C=O) groups is 1. The summed E-state index contributed by atoms with van der Waals surface area (Å²) in [5, 5.41) is 12.0. The van der Waals surface area contributed by atoms with Crippen molar-refractivity contribution in [2.24, 2.45) is 0 Å². The maximum Gasteiger partial charge on any atom is 0.416 e. The number of hydrogen-bond donors (Lipinski definition) is 3. The Bertz CT molecular complexity index is 1550. The molecule has 0 spiro atoms. The molecule has 3 N–H and O–H groups in total. The molecule has 1 aliphatic heterocycles. The van der Waals surface area contributed by atoms with Crippen molar-refractivity contribution in [3.05, 3.63) is 106 Å². The van der Waals surface area contributed by atoms with Crippen LogP contribution in [0.25, 0.3) is 11.4 Å². The van der Waals surface area contributed by atoms with Crippen molar-refractivity contribution >= 4 is 17.4 Å². The smallest absolute Gasteiger partial charge is 0.342 e. The summed E-state index contributed by atoms with van der Waals surface area (Å²) < 4.78 is 38.8. The molecule has 224 valence electrons. The molecule has 43 heavy (non-hydrogen) atoms. The van der Waals surface area contributed by atoms with Gasteiger partial charge in [0.15, 0.2) is 0 Å². The fourth-order valence-corrected chi connectivity index (χ4v) is 5.22. The van der Waals surface area contributed by atoms with E-state index in [2.05, 4.69) is 20.2 Å². The van der Waals surface area contributed by atoms with Crippen LogP contribution in [0, 0.1) is 11.8 Å². The summed E-state index contributed by atoms with van der Waals surface area (Å²) in [4.78, 5) is 36.3. The standard InChI is InChI=1S/C31H31F3N6O3/c1-21-28(37-29(35-21)23-7-9-24(10-8-23)31(32,33)34)20-38-17-15-26(16-18-38)39(19-22-5-3-2-4-6-22)30(41)36-25-11-13-27(14-12-25)40(42)43/h2-14,26H,15-20H2,1H3,(H2-,35,36,37,41,42,43)/p+1. The quantitative estimate of drug-likeness (QED) is 0.193. The van der Waals surface area contributed by atoms with Gasteiger partial charge in [0, 0.05) is 61.3 Å². The predicted octanol–water partition coefficient (Wildman–Crippen LogP) is 6.90. The van der Waals surface area contributed by atoms with E-state index in [1.54, 1.807) is 12.1 Å². The van der Waals surface area contributed by atoms with E-state index in [-0.39, 0.29) is 22.7 Å². The maximum absolute atomic E-state index is 13.5. The molecule has 5 rings (SSSR count). The first-order valence-corrected chi connectivity index (χ1v) is 13.9. The number of nitrogens with one attached hydrogen (secondary N) is 2. The zero-order valence-corrected chi connectivity index (χ0v) is 23.5. The van der Waals surface area contributed by atoms with Crippen LogP contribution in [0.4, 0.5) is 29.3 Å². The van der Waals surface area contributed by atoms with Crippen molar-refractivity contribution in [1.82, 2.24) is 19.8 Å². The van der Waals surface area contributed by atoms with Crippen molar-refractivity contribution < 1.29 is 28.1 Å². The molecule has 1 aliphatic rings. The van der Waals surface area contributed by atoms with Crippen LogP contribution in [0.3, 0.4) is 0 Å². The molecule has 12 heteroatoms. The average Bonchev–Trinajstić information content (AvgIpc) is 3.36. The number of piperidine rings is 1. The number of amides is 2. The summed E-state index contributed by atoms with van der Waals surface area (Å²) in [7, 11) is 0. The third-order valence-electron chi connectivity index (χ3n) is 7.64. The molecule has 2 amide bonds. The number of rotatable bonds is 8. The Hall–Kier alpha value is -4.71. The van der Waals surface area contributed by atoms with Gasteiger partial charge in [-0.25, -0.2) is 15.0 Å². The van der Waals surface area contributed by atoms with E-state index in [1.807, 2.05) is 42.2 Å². The minimum Gasteiger partial charge on any atom is -0.342 e. The molecule has 0 radical (unpaired) electrons. The van der Waals surface area contributed by atoms with E-state index < -0.39 is 11.7 Å². The van der Waals surface area contributed by atoms with Gasteiger partial charge in [0.2, 0.25) is 0 Å². The van der Waals surface area contributed by atoms with Crippen molar-refractivity contribution in [3.8, 4) is 11.4 Å². The zero-order valence-electron chi connectivity index (χ0n) is 23.5. The van der Waals surface area contributed by atoms with Crippen molar-refractivity contribution in [1.29, 1.82) is 0 Å². The van der Waals surface area contributed by atoms with Gasteiger partial charge in [-0.1, -0.05) is 42.5 Å². The first-order chi connectivity index (χ1) is 20.6. The number of halogens is 3. The van der Waals surface area contributed by atoms with Gasteiger partial charge >= 0.3 is 17.9 Å². The number of hydrogen-bond acceptors (Lipinski definition) is 4. The van der Waals surface area contributed by atoms with Gasteiger partial charge in [-0.15, -0.1) is 0 Å². The number of anilines is 1. The summed E-state index contributed by atoms with van der Waals surface area (Å²) in [6.45, 7) is 4.37. The van der Waals surface area contributed by atoms with Crippen LogP contribution < -0.4 is 5.32 Å². The van der Waals surface area contributed by atoms with Gasteiger partial charge < -0.3 is 15.2 Å². The highest BCUT2D eigenvalue weighted by Gasteiger charge is 2.31. The van der Waals surface area contributed by atoms with Crippen molar-refractivity contribution in [3.63, 3.8) is 0 Å². The van der Waals surface area contributed by atoms with E-state index in [0.29, 0.717) is 30.2 Å². The summed E-state index contributed by atoms with van der Waals surface area (Å²) in [5.74, 6) is 0.525. The topological polar surface area (TPSA) is 105 Å². The Labute approximate surface area is 246 Å². The highest BCUT2D eigenvalue weighted by molar-refractivity contribution is 5.89. The summed E-state index contributed by atoms with van der Waals surface area (Å²) in [6.07, 6.45) is -2.91. The SMILES string of the molecule is Cc1[nH]c(-c2ccc(C(F)(F)F)cc2)nc1CN1CCC(N(Cc2ccccc2)C(=O)Nc2ccc([N+](=O)O)cc2)CC1. The molecule has 0 unspecified atom stereocenters. The molecule has 0 atom stereocenters. The van der Waals surface area contributed by atoms with Crippen LogP contribution >= 0.6 is 0 Å². The second kappa shape index (κ2) is 12.7. The number of aromatic nitrogens is 2. The number of H-pyrrole nitrogens is 1. The van der Waals surface area contributed by atoms with E-state index >= 15 is 0 Å². The first-order valence-electron chi connectivity index (χ1n) is 13.9. The van der Waals surface area contributed by atoms with E-state index in [9.17, 15) is 22.9 Å². The Kier molecular flexibility index (Phi) is 8.76. The van der Waals surface area contributed by atoms with Gasteiger partial charge in [0.1, 0.15) is 5.82 Å². The lowest BCUT2D eigenvalue weighted by molar-refractivity contribution is -0.729. The summed E-state index contributed by atoms with van der Waals surface area (Å²) in [5.41, 5.74) is 3.13. The molecule has 3 aromatic carbocycles. The minimum absolute atomic E-state index is 0.0201. The zero-order chi connectivity index (χ0) is 30.6. The van der Waals surface area contributed by atoms with Gasteiger partial charge in [0.25, 0.3) is 4.92 Å². The van der Waals surface area contributed by atoms with Crippen molar-refractivity contribution in [2.75, 3.05) is 18.4 Å². The maximum atomic E-state index is 13.5. The van der Waals surface area contributed by atoms with Crippen LogP contribution in [0.1, 0.15) is 35.4 Å². The monoisotopic (exact) mass is 593 g/mol. The number of urea groups is 1. The Morgan fingerprint density at radius 3 is 2.30 bits per heavy atom. The van der Waals surface area contributed by atoms with Crippen molar-refractivity contribution in [2.45, 2.75) is 45.1 Å². The molecular weight excluding hydrogens is 561 g/mol. The summed E-state index contributed by atoms with van der Waals surface area (Å²) >= 11 is 0. The number of carbonyl (C=O) groups excluding carboxylic acids is 1. The second-order valence-corrected chi connectivity index (χ2v) is 10.6. The lowest BCUT2D eigenvalue weighted by atomic mass is 10.0. The van der Waals surface area contributed by atoms with Gasteiger partial charge in [-0.05, 0) is 49.6 Å². The van der Waals surface area contributed by atoms with Crippen LogP contribution in [-0.2, 0) is 19.3 Å². The normalized spacial score (nSPS) is 14.4. The number of alkyl halides is 3. The molecule has 1 aromatic heterocycles. The number of imidazole rings is 1. The van der Waals surface area contributed by atoms with E-state index in [1.165, 1.54) is 24.3 Å². The molecule has 1 fully saturated rings. The fourth-order valence-electron chi connectivity index (χ4n) is 5.22. The van der Waals surface area contributed by atoms with Gasteiger partial charge in [-0.2, -0.15) is 13.2 Å². The summed E-state index contributed by atoms with van der Waals surface area (Å²) in [6, 6.07) is 20.4. The van der Waals surface area contributed by atoms with Gasteiger partial charge in [0.05, 0.1) is 16.2 Å². The molecule has 0 bridgehead atoms. The average molecular weight is 594 g/mol. The van der Waals surface area contributed by atoms with Crippen LogP contribution in [0.15, 0.2) is 78.9 Å². The first kappa shape index (κ1) is 29.8. The lowest BCUT2D eigenvalue weighted by Crippen LogP contribution is -2.48. The molecule has 9 nitrogen and oxygen atoms in total. The van der Waals surface area contributed by atoms with Crippen LogP contribution in [0.2, 0.25) is 0 Å². The Balaban J connectivity index is 1.23. The molecular formula is C31H32F3N6O3+. The van der Waals surface area contributed by atoms with Crippen LogP contribution in [-0.4, -0.2) is 55.1 Å². The third kappa shape index (κ3) is 7.39. The molecule has 2 heterocycles. The Morgan fingerprint density at radius 2 is 1.70 bits per heavy atom. The number of likely N-dealkylation sites (tertiary alicyclic amines) is 1. The molecule has 4 aromatic rings. The fraction of sp³-hybridized carbons (Fsp3) is 0.290. The number of aromatic amines is 1. The van der Waals surface area contributed by atoms with Gasteiger partial charge in [-0.3, -0.25) is 4.90 Å². The number of nitrogens with zero attached hydrogens (tertiary/aromatic N) is 4. The van der Waals surface area contributed by atoms with E-state index in [0.717, 1.165) is 55.0 Å². The highest BCUT2D eigenvalue weighted by Crippen LogP contribution is 2.31. The largest absolute Gasteiger partial charge is 0.416 e. The number of benzene rings is 3. The molecule has 0 aliphatic carbocycles. The second-order valence-electron chi connectivity index (χ2n) is 10.6. The van der Waals surface area contributed by atoms with Crippen LogP contribution in [0.5, 0.6) is 0 Å². The molecule has 0 saturated carbocycles. The predicted molar refractivity (Wildman–Crippen MR) is 155 cm³/mol. The highest BCUT2D eigenvalue weighted by atomic mass is 19.4. The van der Waals surface area contributed by atoms with E-state index in [4.69, 9.17) is 5.21 Å². The number of aryl methyl sites for hydroxylation is 1.